The van der Waals surface area contributed by atoms with Crippen LogP contribution in [0.25, 0.3) is 0 Å². The summed E-state index contributed by atoms with van der Waals surface area (Å²) < 4.78 is 17.3. The third-order valence-corrected chi connectivity index (χ3v) is 13.6. The average molecular weight is 550 g/mol. The van der Waals surface area contributed by atoms with Gasteiger partial charge in [0.25, 0.3) is 0 Å². The molecule has 1 fully saturated rings. The Morgan fingerprint density at radius 1 is 1.25 bits per heavy atom. The van der Waals surface area contributed by atoms with Crippen LogP contribution in [-0.2, 0) is 23.5 Å². The number of para-hydroxylation sites is 1. The minimum absolute atomic E-state index is 0.0123. The van der Waals surface area contributed by atoms with E-state index >= 15 is 0 Å². The van der Waals surface area contributed by atoms with Crippen molar-refractivity contribution in [3.63, 3.8) is 0 Å². The van der Waals surface area contributed by atoms with Crippen LogP contribution in [0.5, 0.6) is 5.75 Å². The number of rotatable bonds is 11. The van der Waals surface area contributed by atoms with Crippen molar-refractivity contribution in [3.05, 3.63) is 53.6 Å². The quantitative estimate of drug-likeness (QED) is 0.161. The molecule has 10 heteroatoms. The third kappa shape index (κ3) is 6.27. The van der Waals surface area contributed by atoms with Gasteiger partial charge in [-0.15, -0.1) is 11.8 Å². The summed E-state index contributed by atoms with van der Waals surface area (Å²) in [6.07, 6.45) is 1.19. The van der Waals surface area contributed by atoms with Crippen LogP contribution in [-0.4, -0.2) is 60.7 Å². The molecule has 0 bridgehead atoms. The molecular formula is C26H35NO6S2Si. The van der Waals surface area contributed by atoms with E-state index in [-0.39, 0.29) is 58.1 Å². The first-order chi connectivity index (χ1) is 16.9. The largest absolute Gasteiger partial charge is 0.485 e. The molecule has 0 saturated carbocycles. The Bertz CT molecular complexity index is 1040. The van der Waals surface area contributed by atoms with Crippen LogP contribution in [0.2, 0.25) is 18.1 Å². The van der Waals surface area contributed by atoms with Crippen LogP contribution in [0, 0.1) is 5.92 Å². The van der Waals surface area contributed by atoms with Gasteiger partial charge in [0.05, 0.1) is 12.0 Å². The Balaban J connectivity index is 1.69. The number of benzene rings is 1. The summed E-state index contributed by atoms with van der Waals surface area (Å²) in [6, 6.07) is 9.11. The van der Waals surface area contributed by atoms with E-state index in [1.165, 1.54) is 22.7 Å². The minimum Gasteiger partial charge on any atom is -0.485 e. The maximum Gasteiger partial charge on any atom is 0.356 e. The summed E-state index contributed by atoms with van der Waals surface area (Å²) in [5.41, 5.74) is 0.219. The van der Waals surface area contributed by atoms with Gasteiger partial charge in [-0.25, -0.2) is 4.79 Å². The van der Waals surface area contributed by atoms with Crippen LogP contribution in [0.1, 0.15) is 27.7 Å². The van der Waals surface area contributed by atoms with Gasteiger partial charge in [0.1, 0.15) is 23.4 Å². The standard InChI is InChI=1S/C26H35NO6S2Si/c1-8-14-31-25(30)22-19(16-34-20(28)15-32-18-12-10-9-11-13-18)35-24-21(23(29)27(22)24)17(2)33-36(6,7)26(3,4)5/h8-13,17,21,24H,1,14-16H2,2-7H3/t17-,21+,24-/m1/s1. The summed E-state index contributed by atoms with van der Waals surface area (Å²) in [7, 11) is -2.09. The molecule has 36 heavy (non-hydrogen) atoms. The fourth-order valence-electron chi connectivity index (χ4n) is 3.70. The van der Waals surface area contributed by atoms with Crippen molar-refractivity contribution < 1.29 is 28.3 Å². The van der Waals surface area contributed by atoms with Gasteiger partial charge in [-0.3, -0.25) is 14.5 Å². The molecule has 0 unspecified atom stereocenters. The number of carbonyl (C=O) groups excluding carboxylic acids is 3. The number of fused-ring (bicyclic) bond motifs is 1. The van der Waals surface area contributed by atoms with E-state index in [0.29, 0.717) is 10.7 Å². The topological polar surface area (TPSA) is 82.1 Å². The van der Waals surface area contributed by atoms with E-state index in [1.807, 2.05) is 25.1 Å². The second-order valence-electron chi connectivity index (χ2n) is 10.2. The maximum atomic E-state index is 13.2. The number of ether oxygens (including phenoxy) is 2. The Morgan fingerprint density at radius 3 is 2.53 bits per heavy atom. The predicted molar refractivity (Wildman–Crippen MR) is 147 cm³/mol. The molecule has 196 valence electrons. The van der Waals surface area contributed by atoms with Gasteiger partial charge in [-0.05, 0) is 37.2 Å². The Hall–Kier alpha value is -2.01. The van der Waals surface area contributed by atoms with Gasteiger partial charge in [-0.2, -0.15) is 0 Å². The normalized spacial score (nSPS) is 20.5. The van der Waals surface area contributed by atoms with E-state index in [1.54, 1.807) is 12.1 Å². The average Bonchev–Trinajstić information content (AvgIpc) is 3.13. The third-order valence-electron chi connectivity index (χ3n) is 6.63. The van der Waals surface area contributed by atoms with Crippen LogP contribution in [0.3, 0.4) is 0 Å². The molecule has 0 aliphatic carbocycles. The molecule has 7 nitrogen and oxygen atoms in total. The van der Waals surface area contributed by atoms with E-state index in [2.05, 4.69) is 40.4 Å². The van der Waals surface area contributed by atoms with Crippen molar-refractivity contribution in [2.24, 2.45) is 5.92 Å². The van der Waals surface area contributed by atoms with Crippen molar-refractivity contribution in [1.82, 2.24) is 4.90 Å². The van der Waals surface area contributed by atoms with Crippen molar-refractivity contribution in [1.29, 1.82) is 0 Å². The van der Waals surface area contributed by atoms with E-state index in [0.717, 1.165) is 11.8 Å². The Morgan fingerprint density at radius 2 is 1.92 bits per heavy atom. The summed E-state index contributed by atoms with van der Waals surface area (Å²) in [5, 5.41) is -0.411. The lowest BCUT2D eigenvalue weighted by molar-refractivity contribution is -0.157. The molecule has 1 aromatic carbocycles. The first-order valence-corrected chi connectivity index (χ1v) is 16.7. The van der Waals surface area contributed by atoms with Gasteiger partial charge in [0, 0.05) is 10.7 Å². The summed E-state index contributed by atoms with van der Waals surface area (Å²) in [5.74, 6) is -0.236. The number of hydrogen-bond donors (Lipinski definition) is 0. The number of nitrogens with zero attached hydrogens (tertiary/aromatic N) is 1. The molecule has 3 rings (SSSR count). The molecule has 1 saturated heterocycles. The lowest BCUT2D eigenvalue weighted by Crippen LogP contribution is -2.62. The summed E-state index contributed by atoms with van der Waals surface area (Å²) >= 11 is 2.50. The van der Waals surface area contributed by atoms with Gasteiger partial charge in [0.15, 0.2) is 14.9 Å². The number of esters is 1. The van der Waals surface area contributed by atoms with Crippen LogP contribution < -0.4 is 4.74 Å². The van der Waals surface area contributed by atoms with Crippen LogP contribution in [0.4, 0.5) is 0 Å². The molecule has 1 aromatic rings. The predicted octanol–water partition coefficient (Wildman–Crippen LogP) is 5.21. The van der Waals surface area contributed by atoms with Crippen molar-refractivity contribution in [2.75, 3.05) is 19.0 Å². The Kier molecular flexibility index (Phi) is 9.19. The molecule has 2 aliphatic heterocycles. The molecular weight excluding hydrogens is 515 g/mol. The van der Waals surface area contributed by atoms with Crippen LogP contribution in [0.15, 0.2) is 53.6 Å². The molecule has 2 aliphatic rings. The molecule has 1 amide bonds. The maximum absolute atomic E-state index is 13.2. The molecule has 0 spiro atoms. The van der Waals surface area contributed by atoms with E-state index < -0.39 is 14.3 Å². The van der Waals surface area contributed by atoms with E-state index in [9.17, 15) is 14.4 Å². The van der Waals surface area contributed by atoms with Crippen molar-refractivity contribution in [2.45, 2.75) is 57.3 Å². The number of β-lactam (4-membered cyclic amide) rings is 1. The zero-order valence-electron chi connectivity index (χ0n) is 21.7. The number of carbonyl (C=O) groups is 3. The fraction of sp³-hybridized carbons (Fsp3) is 0.500. The summed E-state index contributed by atoms with van der Waals surface area (Å²) in [4.78, 5) is 40.7. The molecule has 0 N–H and O–H groups in total. The van der Waals surface area contributed by atoms with Crippen molar-refractivity contribution >= 4 is 48.8 Å². The zero-order chi connectivity index (χ0) is 26.7. The van der Waals surface area contributed by atoms with Gasteiger partial charge in [0.2, 0.25) is 11.0 Å². The van der Waals surface area contributed by atoms with Gasteiger partial charge < -0.3 is 13.9 Å². The molecule has 2 heterocycles. The van der Waals surface area contributed by atoms with E-state index in [4.69, 9.17) is 13.9 Å². The minimum atomic E-state index is -2.09. The smallest absolute Gasteiger partial charge is 0.356 e. The van der Waals surface area contributed by atoms with Gasteiger partial charge in [-0.1, -0.05) is 63.4 Å². The molecule has 0 aromatic heterocycles. The monoisotopic (exact) mass is 549 g/mol. The Labute approximate surface area is 223 Å². The SMILES string of the molecule is C=CCOC(=O)C1=C(CSC(=O)COc2ccccc2)S[C@@H]2[C@@H]([C@@H](C)O[Si](C)(C)C(C)(C)C)C(=O)N12. The fourth-order valence-corrected chi connectivity index (χ4v) is 7.53. The summed E-state index contributed by atoms with van der Waals surface area (Å²) in [6.45, 7) is 16.3. The number of hydrogen-bond acceptors (Lipinski definition) is 8. The second kappa shape index (κ2) is 11.6. The lowest BCUT2D eigenvalue weighted by Gasteiger charge is -2.48. The first kappa shape index (κ1) is 28.6. The number of amides is 1. The number of thioether (sulfide) groups is 2. The highest BCUT2D eigenvalue weighted by Gasteiger charge is 2.59. The van der Waals surface area contributed by atoms with Crippen molar-refractivity contribution in [3.8, 4) is 5.75 Å². The second-order valence-corrected chi connectivity index (χ2v) is 17.2. The van der Waals surface area contributed by atoms with Gasteiger partial charge >= 0.3 is 5.97 Å². The zero-order valence-corrected chi connectivity index (χ0v) is 24.4. The van der Waals surface area contributed by atoms with Crippen LogP contribution >= 0.6 is 23.5 Å². The highest BCUT2D eigenvalue weighted by Crippen LogP contribution is 2.52. The molecule has 0 radical (unpaired) electrons. The lowest BCUT2D eigenvalue weighted by atomic mass is 9.92. The highest BCUT2D eigenvalue weighted by molar-refractivity contribution is 8.15. The molecule has 3 atom stereocenters. The highest BCUT2D eigenvalue weighted by atomic mass is 32.2. The first-order valence-electron chi connectivity index (χ1n) is 11.9.